The van der Waals surface area contributed by atoms with Crippen molar-refractivity contribution in [2.75, 3.05) is 0 Å². The van der Waals surface area contributed by atoms with Gasteiger partial charge in [0.25, 0.3) is 0 Å². The van der Waals surface area contributed by atoms with Gasteiger partial charge in [-0.15, -0.1) is 0 Å². The third kappa shape index (κ3) is 3.85. The highest BCUT2D eigenvalue weighted by molar-refractivity contribution is 7.52. The first-order valence-electron chi connectivity index (χ1n) is 9.24. The SMILES string of the molecule is C[Si](C)N([Si](C)(C)C)[Si](c1ccccc1)(c1ccccc1)[Si](C)(C)C. The van der Waals surface area contributed by atoms with Crippen LogP contribution in [0.25, 0.3) is 0 Å². The molecule has 0 aliphatic carbocycles. The smallest absolute Gasteiger partial charge is 0.166 e. The maximum atomic E-state index is 3.14. The summed E-state index contributed by atoms with van der Waals surface area (Å²) in [5, 5.41) is 3.24. The Balaban J connectivity index is 2.96. The highest BCUT2D eigenvalue weighted by atomic mass is 29.3. The number of nitrogens with zero attached hydrogens (tertiary/aromatic N) is 1. The zero-order chi connectivity index (χ0) is 18.9. The fourth-order valence-electron chi connectivity index (χ4n) is 4.49. The highest BCUT2D eigenvalue weighted by Crippen LogP contribution is 2.29. The molecule has 5 heteroatoms. The maximum Gasteiger partial charge on any atom is 0.166 e. The Bertz CT molecular complexity index is 633. The van der Waals surface area contributed by atoms with Gasteiger partial charge in [0.1, 0.15) is 17.2 Å². The lowest BCUT2D eigenvalue weighted by Gasteiger charge is -2.57. The monoisotopic (exact) mass is 400 g/mol. The third-order valence-electron chi connectivity index (χ3n) is 4.92. The molecule has 2 aromatic carbocycles. The molecule has 0 atom stereocenters. The van der Waals surface area contributed by atoms with E-state index in [9.17, 15) is 0 Å². The summed E-state index contributed by atoms with van der Waals surface area (Å²) < 4.78 is 3.14. The Labute approximate surface area is 159 Å². The van der Waals surface area contributed by atoms with Gasteiger partial charge in [-0.05, 0) is 10.4 Å². The van der Waals surface area contributed by atoms with Gasteiger partial charge in [-0.1, -0.05) is 113 Å². The molecule has 0 heterocycles. The van der Waals surface area contributed by atoms with E-state index >= 15 is 0 Å². The van der Waals surface area contributed by atoms with E-state index in [2.05, 4.69) is 117 Å². The van der Waals surface area contributed by atoms with Crippen LogP contribution in [0.15, 0.2) is 60.7 Å². The van der Waals surface area contributed by atoms with Gasteiger partial charge < -0.3 is 3.90 Å². The fraction of sp³-hybridized carbons (Fsp3) is 0.400. The number of hydrogen-bond acceptors (Lipinski definition) is 1. The molecule has 0 unspecified atom stereocenters. The van der Waals surface area contributed by atoms with E-state index in [4.69, 9.17) is 0 Å². The minimum atomic E-state index is -2.00. The maximum absolute atomic E-state index is 3.14. The van der Waals surface area contributed by atoms with Crippen LogP contribution in [0.3, 0.4) is 0 Å². The van der Waals surface area contributed by atoms with Gasteiger partial charge in [0.05, 0.1) is 7.59 Å². The predicted octanol–water partition coefficient (Wildman–Crippen LogP) is 4.55. The molecule has 0 saturated carbocycles. The summed E-state index contributed by atoms with van der Waals surface area (Å²) in [6.45, 7) is 20.5. The minimum absolute atomic E-state index is 0.572. The Kier molecular flexibility index (Phi) is 6.16. The normalized spacial score (nSPS) is 13.5. The van der Waals surface area contributed by atoms with Crippen LogP contribution >= 0.6 is 0 Å². The van der Waals surface area contributed by atoms with Crippen molar-refractivity contribution in [3.05, 3.63) is 60.7 Å². The van der Waals surface area contributed by atoms with Crippen molar-refractivity contribution in [2.45, 2.75) is 52.4 Å². The van der Waals surface area contributed by atoms with Crippen molar-refractivity contribution in [2.24, 2.45) is 0 Å². The second-order valence-electron chi connectivity index (χ2n) is 9.15. The van der Waals surface area contributed by atoms with E-state index < -0.39 is 32.5 Å². The Morgan fingerprint density at radius 1 is 0.640 bits per heavy atom. The molecule has 0 N–H and O–H groups in total. The fourth-order valence-corrected chi connectivity index (χ4v) is 42.0. The Morgan fingerprint density at radius 3 is 1.24 bits per heavy atom. The average Bonchev–Trinajstić information content (AvgIpc) is 2.51. The molecule has 0 aliphatic rings. The number of hydrogen-bond donors (Lipinski definition) is 0. The molecular formula is C20H34NSi4. The van der Waals surface area contributed by atoms with Crippen LogP contribution in [0.4, 0.5) is 0 Å². The van der Waals surface area contributed by atoms with E-state index in [-0.39, 0.29) is 0 Å². The molecule has 1 nitrogen and oxygen atoms in total. The van der Waals surface area contributed by atoms with Crippen LogP contribution in [0.1, 0.15) is 0 Å². The molecule has 0 fully saturated rings. The average molecular weight is 401 g/mol. The van der Waals surface area contributed by atoms with Gasteiger partial charge in [-0.2, -0.15) is 0 Å². The van der Waals surface area contributed by atoms with Crippen LogP contribution in [0, 0.1) is 0 Å². The first-order valence-corrected chi connectivity index (χ1v) is 21.6. The molecule has 0 spiro atoms. The van der Waals surface area contributed by atoms with E-state index in [0.29, 0.717) is 0 Å². The summed E-state index contributed by atoms with van der Waals surface area (Å²) in [6.07, 6.45) is 0. The standard InChI is InChI=1S/C20H34NSi4/c1-22(2)21(23(3,4)5)25(24(6,7)8,19-15-11-9-12-16-19)20-17-13-10-14-18-20/h9-18H,1-8H3. The third-order valence-corrected chi connectivity index (χ3v) is 31.3. The number of rotatable bonds is 6. The van der Waals surface area contributed by atoms with Crippen LogP contribution in [0.5, 0.6) is 0 Å². The lowest BCUT2D eigenvalue weighted by molar-refractivity contribution is 0.964. The lowest BCUT2D eigenvalue weighted by Crippen LogP contribution is -2.87. The topological polar surface area (TPSA) is 3.24 Å². The van der Waals surface area contributed by atoms with Gasteiger partial charge in [0.2, 0.25) is 0 Å². The van der Waals surface area contributed by atoms with Crippen LogP contribution in [-0.4, -0.2) is 36.4 Å². The van der Waals surface area contributed by atoms with Gasteiger partial charge in [-0.25, -0.2) is 0 Å². The first kappa shape index (κ1) is 20.6. The minimum Gasteiger partial charge on any atom is -0.364 e. The summed E-state index contributed by atoms with van der Waals surface area (Å²) >= 11 is 0. The molecule has 0 aromatic heterocycles. The molecule has 1 radical (unpaired) electrons. The Morgan fingerprint density at radius 2 is 1.00 bits per heavy atom. The largest absolute Gasteiger partial charge is 0.364 e. The second kappa shape index (κ2) is 7.48. The highest BCUT2D eigenvalue weighted by Gasteiger charge is 2.56. The van der Waals surface area contributed by atoms with Crippen molar-refractivity contribution in [1.82, 2.24) is 3.90 Å². The van der Waals surface area contributed by atoms with Gasteiger partial charge >= 0.3 is 0 Å². The summed E-state index contributed by atoms with van der Waals surface area (Å²) in [7, 11) is -5.58. The van der Waals surface area contributed by atoms with Crippen LogP contribution < -0.4 is 10.4 Å². The van der Waals surface area contributed by atoms with Gasteiger partial charge in [0, 0.05) is 0 Å². The van der Waals surface area contributed by atoms with Crippen molar-refractivity contribution in [3.63, 3.8) is 0 Å². The second-order valence-corrected chi connectivity index (χ2v) is 31.8. The van der Waals surface area contributed by atoms with Crippen LogP contribution in [-0.2, 0) is 0 Å². The molecule has 0 aliphatic heterocycles. The summed E-state index contributed by atoms with van der Waals surface area (Å²) in [5.74, 6) is 0. The molecule has 135 valence electrons. The van der Waals surface area contributed by atoms with E-state index in [1.165, 1.54) is 0 Å². The summed E-state index contributed by atoms with van der Waals surface area (Å²) in [6, 6.07) is 23.0. The lowest BCUT2D eigenvalue weighted by atomic mass is 10.4. The van der Waals surface area contributed by atoms with E-state index in [1.807, 2.05) is 0 Å². The molecule has 2 rings (SSSR count). The van der Waals surface area contributed by atoms with Gasteiger partial charge in [-0.3, -0.25) is 0 Å². The van der Waals surface area contributed by atoms with Crippen molar-refractivity contribution in [1.29, 1.82) is 0 Å². The van der Waals surface area contributed by atoms with Crippen molar-refractivity contribution in [3.8, 4) is 0 Å². The van der Waals surface area contributed by atoms with Crippen LogP contribution in [0.2, 0.25) is 52.4 Å². The molecule has 2 aromatic rings. The van der Waals surface area contributed by atoms with Crippen molar-refractivity contribution >= 4 is 42.9 Å². The van der Waals surface area contributed by atoms with Gasteiger partial charge in [0.15, 0.2) is 7.75 Å². The molecule has 25 heavy (non-hydrogen) atoms. The molecule has 0 bridgehead atoms. The van der Waals surface area contributed by atoms with E-state index in [0.717, 1.165) is 0 Å². The summed E-state index contributed by atoms with van der Waals surface area (Å²) in [5.41, 5.74) is 0. The first-order chi connectivity index (χ1) is 11.5. The zero-order valence-corrected chi connectivity index (χ0v) is 21.2. The Hall–Kier alpha value is -0.732. The molecular weight excluding hydrogens is 367 g/mol. The molecule has 0 saturated heterocycles. The predicted molar refractivity (Wildman–Crippen MR) is 124 cm³/mol. The van der Waals surface area contributed by atoms with E-state index in [1.54, 1.807) is 10.4 Å². The van der Waals surface area contributed by atoms with Crippen molar-refractivity contribution < 1.29 is 0 Å². The quantitative estimate of drug-likeness (QED) is 0.643. The molecule has 0 amide bonds. The zero-order valence-electron chi connectivity index (χ0n) is 17.2. The summed E-state index contributed by atoms with van der Waals surface area (Å²) in [4.78, 5) is 0. The number of benzene rings is 2.